The normalized spacial score (nSPS) is 15.6. The molecule has 1 amide bonds. The fraction of sp³-hybridized carbons (Fsp3) is 0.684. The van der Waals surface area contributed by atoms with Crippen LogP contribution in [0.2, 0.25) is 0 Å². The van der Waals surface area contributed by atoms with Crippen molar-refractivity contribution in [3.05, 3.63) is 24.2 Å². The second-order valence-corrected chi connectivity index (χ2v) is 7.75. The van der Waals surface area contributed by atoms with E-state index in [1.807, 2.05) is 11.9 Å². The van der Waals surface area contributed by atoms with Crippen LogP contribution in [0.1, 0.15) is 50.6 Å². The molecular formula is C19H33IN4O2. The second kappa shape index (κ2) is 10.8. The van der Waals surface area contributed by atoms with Crippen LogP contribution >= 0.6 is 24.0 Å². The summed E-state index contributed by atoms with van der Waals surface area (Å²) in [5, 5.41) is 3.45. The number of carbonyl (C=O) groups is 1. The number of nitrogens with one attached hydrogen (secondary N) is 1. The number of hydrogen-bond donors (Lipinski definition) is 1. The van der Waals surface area contributed by atoms with Crippen LogP contribution in [-0.4, -0.2) is 61.4 Å². The van der Waals surface area contributed by atoms with Crippen LogP contribution in [0.25, 0.3) is 0 Å². The quantitative estimate of drug-likeness (QED) is 0.306. The van der Waals surface area contributed by atoms with E-state index in [2.05, 4.69) is 36.0 Å². The van der Waals surface area contributed by atoms with E-state index in [0.717, 1.165) is 32.0 Å². The first kappa shape index (κ1) is 22.8. The van der Waals surface area contributed by atoms with Gasteiger partial charge in [-0.1, -0.05) is 27.2 Å². The molecule has 2 rings (SSSR count). The number of nitrogens with zero attached hydrogens (tertiary/aromatic N) is 3. The Labute approximate surface area is 174 Å². The zero-order chi connectivity index (χ0) is 18.3. The van der Waals surface area contributed by atoms with Crippen molar-refractivity contribution in [1.82, 2.24) is 15.1 Å². The van der Waals surface area contributed by atoms with Gasteiger partial charge in [0.05, 0.1) is 6.26 Å². The highest BCUT2D eigenvalue weighted by Gasteiger charge is 2.25. The predicted molar refractivity (Wildman–Crippen MR) is 116 cm³/mol. The largest absolute Gasteiger partial charge is 0.459 e. The first-order chi connectivity index (χ1) is 11.9. The predicted octanol–water partition coefficient (Wildman–Crippen LogP) is 3.45. The summed E-state index contributed by atoms with van der Waals surface area (Å²) in [6, 6.07) is 3.46. The molecule has 0 bridgehead atoms. The highest BCUT2D eigenvalue weighted by atomic mass is 127. The number of amides is 1. The number of guanidine groups is 1. The lowest BCUT2D eigenvalue weighted by atomic mass is 9.90. The fourth-order valence-electron chi connectivity index (χ4n) is 2.99. The minimum atomic E-state index is -0.0326. The Morgan fingerprint density at radius 3 is 2.38 bits per heavy atom. The van der Waals surface area contributed by atoms with Crippen molar-refractivity contribution in [2.24, 2.45) is 10.4 Å². The van der Waals surface area contributed by atoms with Gasteiger partial charge in [0.25, 0.3) is 5.91 Å². The van der Waals surface area contributed by atoms with Crippen LogP contribution in [0.5, 0.6) is 0 Å². The topological polar surface area (TPSA) is 61.1 Å². The minimum Gasteiger partial charge on any atom is -0.459 e. The maximum absolute atomic E-state index is 12.3. The van der Waals surface area contributed by atoms with Crippen LogP contribution in [0.15, 0.2) is 27.8 Å². The van der Waals surface area contributed by atoms with E-state index < -0.39 is 0 Å². The van der Waals surface area contributed by atoms with E-state index in [4.69, 9.17) is 4.42 Å². The molecular weight excluding hydrogens is 443 g/mol. The summed E-state index contributed by atoms with van der Waals surface area (Å²) in [4.78, 5) is 20.7. The van der Waals surface area contributed by atoms with E-state index in [1.165, 1.54) is 19.1 Å². The molecule has 0 atom stereocenters. The number of halogens is 1. The highest BCUT2D eigenvalue weighted by molar-refractivity contribution is 14.0. The van der Waals surface area contributed by atoms with Crippen LogP contribution < -0.4 is 5.32 Å². The Balaban J connectivity index is 0.00000338. The Morgan fingerprint density at radius 2 is 1.85 bits per heavy atom. The molecule has 7 heteroatoms. The van der Waals surface area contributed by atoms with Crippen LogP contribution in [0, 0.1) is 5.41 Å². The molecule has 148 valence electrons. The first-order valence-corrected chi connectivity index (χ1v) is 9.19. The molecule has 1 aliphatic heterocycles. The van der Waals surface area contributed by atoms with Gasteiger partial charge in [0.1, 0.15) is 0 Å². The maximum atomic E-state index is 12.3. The molecule has 0 unspecified atom stereocenters. The lowest BCUT2D eigenvalue weighted by Crippen LogP contribution is -2.53. The van der Waals surface area contributed by atoms with Crippen molar-refractivity contribution in [2.75, 3.05) is 39.8 Å². The van der Waals surface area contributed by atoms with Gasteiger partial charge in [-0.05, 0) is 30.4 Å². The summed E-state index contributed by atoms with van der Waals surface area (Å²) in [5.74, 6) is 1.31. The average Bonchev–Trinajstić information content (AvgIpc) is 3.11. The molecule has 0 spiro atoms. The van der Waals surface area contributed by atoms with Gasteiger partial charge < -0.3 is 19.5 Å². The summed E-state index contributed by atoms with van der Waals surface area (Å²) < 4.78 is 5.20. The van der Waals surface area contributed by atoms with Gasteiger partial charge in [-0.3, -0.25) is 9.79 Å². The van der Waals surface area contributed by atoms with Gasteiger partial charge in [-0.15, -0.1) is 24.0 Å². The third kappa shape index (κ3) is 7.17. The zero-order valence-corrected chi connectivity index (χ0v) is 18.8. The number of hydrogen-bond acceptors (Lipinski definition) is 3. The molecule has 26 heavy (non-hydrogen) atoms. The molecule has 1 saturated heterocycles. The lowest BCUT2D eigenvalue weighted by molar-refractivity contribution is 0.0657. The van der Waals surface area contributed by atoms with Crippen molar-refractivity contribution < 1.29 is 9.21 Å². The highest BCUT2D eigenvalue weighted by Crippen LogP contribution is 2.21. The molecule has 1 aromatic heterocycles. The third-order valence-electron chi connectivity index (χ3n) is 4.45. The average molecular weight is 476 g/mol. The smallest absolute Gasteiger partial charge is 0.289 e. The number of carbonyl (C=O) groups excluding carboxylic acids is 1. The maximum Gasteiger partial charge on any atom is 0.289 e. The van der Waals surface area contributed by atoms with E-state index in [-0.39, 0.29) is 29.9 Å². The van der Waals surface area contributed by atoms with Crippen LogP contribution in [-0.2, 0) is 0 Å². The van der Waals surface area contributed by atoms with E-state index in [9.17, 15) is 4.79 Å². The molecule has 2 heterocycles. The molecule has 1 aliphatic rings. The molecule has 6 nitrogen and oxygen atoms in total. The van der Waals surface area contributed by atoms with Crippen molar-refractivity contribution in [2.45, 2.75) is 40.0 Å². The van der Waals surface area contributed by atoms with Gasteiger partial charge in [0, 0.05) is 39.8 Å². The third-order valence-corrected chi connectivity index (χ3v) is 4.45. The van der Waals surface area contributed by atoms with E-state index >= 15 is 0 Å². The van der Waals surface area contributed by atoms with Crippen molar-refractivity contribution >= 4 is 35.8 Å². The first-order valence-electron chi connectivity index (χ1n) is 9.19. The van der Waals surface area contributed by atoms with Gasteiger partial charge in [-0.25, -0.2) is 0 Å². The SMILES string of the molecule is CN=C(NCCCCC(C)(C)C)N1CCN(C(=O)c2ccco2)CC1.I. The number of piperazine rings is 1. The fourth-order valence-corrected chi connectivity index (χ4v) is 2.99. The number of rotatable bonds is 5. The van der Waals surface area contributed by atoms with Gasteiger partial charge in [0.15, 0.2) is 11.7 Å². The van der Waals surface area contributed by atoms with Crippen LogP contribution in [0.4, 0.5) is 0 Å². The number of unbranched alkanes of at least 4 members (excludes halogenated alkanes) is 1. The molecule has 1 N–H and O–H groups in total. The number of furan rings is 1. The molecule has 0 aromatic carbocycles. The Kier molecular flexibility index (Phi) is 9.46. The minimum absolute atomic E-state index is 0. The summed E-state index contributed by atoms with van der Waals surface area (Å²) in [5.41, 5.74) is 0.401. The van der Waals surface area contributed by atoms with Gasteiger partial charge in [-0.2, -0.15) is 0 Å². The summed E-state index contributed by atoms with van der Waals surface area (Å²) in [7, 11) is 1.82. The van der Waals surface area contributed by atoms with Gasteiger partial charge in [0.2, 0.25) is 0 Å². The number of aliphatic imine (C=N–C) groups is 1. The summed E-state index contributed by atoms with van der Waals surface area (Å²) in [6.45, 7) is 10.7. The Morgan fingerprint density at radius 1 is 1.19 bits per heavy atom. The van der Waals surface area contributed by atoms with Crippen molar-refractivity contribution in [3.8, 4) is 0 Å². The van der Waals surface area contributed by atoms with Crippen molar-refractivity contribution in [1.29, 1.82) is 0 Å². The molecule has 0 saturated carbocycles. The standard InChI is InChI=1S/C19H32N4O2.HI/c1-19(2,3)9-5-6-10-21-18(20-4)23-13-11-22(12-14-23)17(24)16-8-7-15-25-16;/h7-8,15H,5-6,9-14H2,1-4H3,(H,20,21);1H. The molecule has 0 radical (unpaired) electrons. The Bertz CT molecular complexity index is 559. The van der Waals surface area contributed by atoms with E-state index in [0.29, 0.717) is 24.3 Å². The zero-order valence-electron chi connectivity index (χ0n) is 16.5. The second-order valence-electron chi connectivity index (χ2n) is 7.75. The summed E-state index contributed by atoms with van der Waals surface area (Å²) >= 11 is 0. The molecule has 0 aliphatic carbocycles. The Hall–Kier alpha value is -1.25. The van der Waals surface area contributed by atoms with E-state index in [1.54, 1.807) is 12.1 Å². The lowest BCUT2D eigenvalue weighted by Gasteiger charge is -2.36. The summed E-state index contributed by atoms with van der Waals surface area (Å²) in [6.07, 6.45) is 5.14. The monoisotopic (exact) mass is 476 g/mol. The molecule has 1 aromatic rings. The molecule has 1 fully saturated rings. The van der Waals surface area contributed by atoms with Gasteiger partial charge >= 0.3 is 0 Å². The van der Waals surface area contributed by atoms with Crippen molar-refractivity contribution in [3.63, 3.8) is 0 Å². The van der Waals surface area contributed by atoms with Crippen LogP contribution in [0.3, 0.4) is 0 Å².